The number of aliphatic imine (C=N–C) groups is 1. The van der Waals surface area contributed by atoms with E-state index in [1.807, 2.05) is 19.1 Å². The van der Waals surface area contributed by atoms with Gasteiger partial charge in [0.1, 0.15) is 5.75 Å². The van der Waals surface area contributed by atoms with Crippen LogP contribution in [0.25, 0.3) is 0 Å². The average Bonchev–Trinajstić information content (AvgIpc) is 2.56. The zero-order valence-corrected chi connectivity index (χ0v) is 18.8. The molecule has 0 heterocycles. The number of halogens is 1. The third kappa shape index (κ3) is 7.37. The molecule has 0 radical (unpaired) electrons. The van der Waals surface area contributed by atoms with E-state index in [9.17, 15) is 13.5 Å². The number of aromatic hydroxyl groups is 1. The van der Waals surface area contributed by atoms with Crippen molar-refractivity contribution in [3.05, 3.63) is 59.2 Å². The molecule has 2 aromatic rings. The monoisotopic (exact) mass is 503 g/mol. The van der Waals surface area contributed by atoms with E-state index in [2.05, 4.69) is 15.6 Å². The SMILES string of the molecule is CCNC(=NCc1cccc(O)c1)NCc1ccc(S(C)(=O)=O)c(C)c1.I. The third-order valence-corrected chi connectivity index (χ3v) is 5.03. The number of guanidine groups is 1. The van der Waals surface area contributed by atoms with Crippen molar-refractivity contribution in [2.45, 2.75) is 31.8 Å². The van der Waals surface area contributed by atoms with Gasteiger partial charge in [0.2, 0.25) is 0 Å². The maximum atomic E-state index is 11.7. The lowest BCUT2D eigenvalue weighted by Crippen LogP contribution is -2.36. The number of benzene rings is 2. The number of hydrogen-bond donors (Lipinski definition) is 3. The van der Waals surface area contributed by atoms with Gasteiger partial charge in [-0.2, -0.15) is 0 Å². The minimum absolute atomic E-state index is 0. The van der Waals surface area contributed by atoms with Crippen LogP contribution in [0.1, 0.15) is 23.6 Å². The van der Waals surface area contributed by atoms with Gasteiger partial charge in [-0.05, 0) is 48.7 Å². The van der Waals surface area contributed by atoms with Crippen LogP contribution in [0.4, 0.5) is 0 Å². The molecule has 0 fully saturated rings. The van der Waals surface area contributed by atoms with Crippen LogP contribution in [-0.2, 0) is 22.9 Å². The number of rotatable bonds is 6. The zero-order valence-electron chi connectivity index (χ0n) is 15.7. The third-order valence-electron chi connectivity index (χ3n) is 3.77. The molecular weight excluding hydrogens is 477 g/mol. The fourth-order valence-electron chi connectivity index (χ4n) is 2.59. The summed E-state index contributed by atoms with van der Waals surface area (Å²) in [7, 11) is -3.21. The van der Waals surface area contributed by atoms with Crippen molar-refractivity contribution in [3.63, 3.8) is 0 Å². The Kier molecular flexibility index (Phi) is 9.04. The normalized spacial score (nSPS) is 11.6. The van der Waals surface area contributed by atoms with Crippen molar-refractivity contribution in [2.24, 2.45) is 4.99 Å². The summed E-state index contributed by atoms with van der Waals surface area (Å²) in [6.07, 6.45) is 1.21. The Bertz CT molecular complexity index is 899. The van der Waals surface area contributed by atoms with Crippen molar-refractivity contribution < 1.29 is 13.5 Å². The van der Waals surface area contributed by atoms with Crippen molar-refractivity contribution >= 4 is 39.8 Å². The van der Waals surface area contributed by atoms with Gasteiger partial charge in [-0.1, -0.05) is 24.3 Å². The molecule has 0 bridgehead atoms. The molecule has 8 heteroatoms. The van der Waals surface area contributed by atoms with Crippen LogP contribution in [0.3, 0.4) is 0 Å². The van der Waals surface area contributed by atoms with Gasteiger partial charge in [0.15, 0.2) is 15.8 Å². The van der Waals surface area contributed by atoms with E-state index in [-0.39, 0.29) is 29.7 Å². The van der Waals surface area contributed by atoms with Crippen LogP contribution in [0.5, 0.6) is 5.75 Å². The van der Waals surface area contributed by atoms with E-state index in [1.54, 1.807) is 37.3 Å². The quantitative estimate of drug-likeness (QED) is 0.321. The average molecular weight is 503 g/mol. The number of nitrogens with zero attached hydrogens (tertiary/aromatic N) is 1. The molecule has 0 aliphatic carbocycles. The molecule has 0 aliphatic rings. The summed E-state index contributed by atoms with van der Waals surface area (Å²) in [6.45, 7) is 5.46. The fraction of sp³-hybridized carbons (Fsp3) is 0.316. The fourth-order valence-corrected chi connectivity index (χ4v) is 3.55. The molecule has 6 nitrogen and oxygen atoms in total. The molecule has 0 saturated heterocycles. The maximum Gasteiger partial charge on any atom is 0.191 e. The molecule has 148 valence electrons. The van der Waals surface area contributed by atoms with Crippen LogP contribution in [0, 0.1) is 6.92 Å². The predicted octanol–water partition coefficient (Wildman–Crippen LogP) is 2.98. The Morgan fingerprint density at radius 1 is 1.11 bits per heavy atom. The molecular formula is C19H26IN3O3S. The molecule has 0 unspecified atom stereocenters. The van der Waals surface area contributed by atoms with Gasteiger partial charge in [-0.3, -0.25) is 0 Å². The van der Waals surface area contributed by atoms with Gasteiger partial charge in [0, 0.05) is 19.3 Å². The van der Waals surface area contributed by atoms with Crippen LogP contribution in [0.15, 0.2) is 52.4 Å². The molecule has 0 saturated carbocycles. The highest BCUT2D eigenvalue weighted by atomic mass is 127. The second-order valence-electron chi connectivity index (χ2n) is 6.09. The number of hydrogen-bond acceptors (Lipinski definition) is 4. The Balaban J connectivity index is 0.00000364. The highest BCUT2D eigenvalue weighted by Crippen LogP contribution is 2.16. The van der Waals surface area contributed by atoms with Crippen molar-refractivity contribution in [2.75, 3.05) is 12.8 Å². The standard InChI is InChI=1S/C19H25N3O3S.HI/c1-4-20-19(21-12-15-6-5-7-17(23)11-15)22-13-16-8-9-18(14(2)10-16)26(3,24)25;/h5-11,23H,4,12-13H2,1-3H3,(H2,20,21,22);1H. The Morgan fingerprint density at radius 2 is 1.85 bits per heavy atom. The smallest absolute Gasteiger partial charge is 0.191 e. The number of sulfone groups is 1. The Morgan fingerprint density at radius 3 is 2.44 bits per heavy atom. The molecule has 27 heavy (non-hydrogen) atoms. The topological polar surface area (TPSA) is 90.8 Å². The van der Waals surface area contributed by atoms with E-state index in [0.29, 0.717) is 23.9 Å². The molecule has 0 aliphatic heterocycles. The van der Waals surface area contributed by atoms with Gasteiger partial charge >= 0.3 is 0 Å². The summed E-state index contributed by atoms with van der Waals surface area (Å²) in [5.74, 6) is 0.873. The highest BCUT2D eigenvalue weighted by Gasteiger charge is 2.11. The molecule has 0 aromatic heterocycles. The predicted molar refractivity (Wildman–Crippen MR) is 119 cm³/mol. The van der Waals surface area contributed by atoms with E-state index in [1.165, 1.54) is 6.26 Å². The lowest BCUT2D eigenvalue weighted by molar-refractivity contribution is 0.474. The summed E-state index contributed by atoms with van der Waals surface area (Å²) in [5.41, 5.74) is 2.61. The lowest BCUT2D eigenvalue weighted by atomic mass is 10.1. The first kappa shape index (κ1) is 23.2. The van der Waals surface area contributed by atoms with E-state index in [0.717, 1.165) is 23.2 Å². The summed E-state index contributed by atoms with van der Waals surface area (Å²) < 4.78 is 23.4. The minimum atomic E-state index is -3.21. The largest absolute Gasteiger partial charge is 0.508 e. The Hall–Kier alpha value is -1.81. The number of aryl methyl sites for hydroxylation is 1. The number of phenols is 1. The van der Waals surface area contributed by atoms with E-state index in [4.69, 9.17) is 0 Å². The van der Waals surface area contributed by atoms with Crippen molar-refractivity contribution in [1.29, 1.82) is 0 Å². The van der Waals surface area contributed by atoms with Crippen LogP contribution in [0.2, 0.25) is 0 Å². The Labute approximate surface area is 178 Å². The minimum Gasteiger partial charge on any atom is -0.508 e. The van der Waals surface area contributed by atoms with Gasteiger partial charge in [0.25, 0.3) is 0 Å². The lowest BCUT2D eigenvalue weighted by Gasteiger charge is -2.13. The molecule has 0 spiro atoms. The highest BCUT2D eigenvalue weighted by molar-refractivity contribution is 14.0. The second-order valence-corrected chi connectivity index (χ2v) is 8.07. The first-order chi connectivity index (χ1) is 12.3. The number of phenolic OH excluding ortho intramolecular Hbond substituents is 1. The molecule has 3 N–H and O–H groups in total. The molecule has 2 rings (SSSR count). The van der Waals surface area contributed by atoms with Crippen molar-refractivity contribution in [1.82, 2.24) is 10.6 Å². The van der Waals surface area contributed by atoms with Crippen molar-refractivity contribution in [3.8, 4) is 5.75 Å². The number of nitrogens with one attached hydrogen (secondary N) is 2. The van der Waals surface area contributed by atoms with Gasteiger partial charge in [-0.15, -0.1) is 24.0 Å². The first-order valence-corrected chi connectivity index (χ1v) is 10.3. The second kappa shape index (κ2) is 10.5. The van der Waals surface area contributed by atoms with Crippen LogP contribution >= 0.6 is 24.0 Å². The summed E-state index contributed by atoms with van der Waals surface area (Å²) in [5, 5.41) is 15.9. The summed E-state index contributed by atoms with van der Waals surface area (Å²) in [6, 6.07) is 12.3. The van der Waals surface area contributed by atoms with Gasteiger partial charge < -0.3 is 15.7 Å². The van der Waals surface area contributed by atoms with Crippen LogP contribution < -0.4 is 10.6 Å². The van der Waals surface area contributed by atoms with Gasteiger partial charge in [0.05, 0.1) is 11.4 Å². The van der Waals surface area contributed by atoms with E-state index < -0.39 is 9.84 Å². The summed E-state index contributed by atoms with van der Waals surface area (Å²) in [4.78, 5) is 4.86. The van der Waals surface area contributed by atoms with Gasteiger partial charge in [-0.25, -0.2) is 13.4 Å². The van der Waals surface area contributed by atoms with E-state index >= 15 is 0 Å². The maximum absolute atomic E-state index is 11.7. The summed E-state index contributed by atoms with van der Waals surface area (Å²) >= 11 is 0. The molecule has 2 aromatic carbocycles. The molecule has 0 atom stereocenters. The van der Waals surface area contributed by atoms with Crippen LogP contribution in [-0.4, -0.2) is 32.3 Å². The molecule has 0 amide bonds. The first-order valence-electron chi connectivity index (χ1n) is 8.39. The zero-order chi connectivity index (χ0) is 19.2.